The van der Waals surface area contributed by atoms with E-state index in [0.717, 1.165) is 5.56 Å². The predicted octanol–water partition coefficient (Wildman–Crippen LogP) is 2.00. The standard InChI is InChI=1S/C9H11ClN2O/c1-2-13-12-9(11)7-3-5-8(10)6-4-7/h3-6H,2H2,1H3,(H2,11,12). The first-order chi connectivity index (χ1) is 6.24. The van der Waals surface area contributed by atoms with Gasteiger partial charge in [0.15, 0.2) is 5.84 Å². The molecule has 0 aliphatic heterocycles. The molecule has 4 heteroatoms. The number of rotatable bonds is 3. The van der Waals surface area contributed by atoms with Crippen molar-refractivity contribution >= 4 is 17.4 Å². The minimum absolute atomic E-state index is 0.360. The fourth-order valence-electron chi connectivity index (χ4n) is 0.807. The number of oxime groups is 1. The number of amidine groups is 1. The Bertz CT molecular complexity index is 295. The smallest absolute Gasteiger partial charge is 0.170 e. The zero-order chi connectivity index (χ0) is 9.68. The maximum atomic E-state index is 5.71. The van der Waals surface area contributed by atoms with Gasteiger partial charge in [0.05, 0.1) is 0 Å². The minimum atomic E-state index is 0.360. The first-order valence-electron chi connectivity index (χ1n) is 3.95. The van der Waals surface area contributed by atoms with Gasteiger partial charge in [0, 0.05) is 10.6 Å². The van der Waals surface area contributed by atoms with Gasteiger partial charge in [0.1, 0.15) is 6.61 Å². The molecule has 0 unspecified atom stereocenters. The summed E-state index contributed by atoms with van der Waals surface area (Å²) in [7, 11) is 0. The van der Waals surface area contributed by atoms with E-state index >= 15 is 0 Å². The summed E-state index contributed by atoms with van der Waals surface area (Å²) < 4.78 is 0. The van der Waals surface area contributed by atoms with Crippen molar-refractivity contribution in [3.05, 3.63) is 34.9 Å². The van der Waals surface area contributed by atoms with Gasteiger partial charge in [-0.3, -0.25) is 0 Å². The van der Waals surface area contributed by atoms with Gasteiger partial charge in [-0.05, 0) is 31.2 Å². The van der Waals surface area contributed by atoms with E-state index in [9.17, 15) is 0 Å². The van der Waals surface area contributed by atoms with E-state index in [4.69, 9.17) is 22.2 Å². The Morgan fingerprint density at radius 1 is 1.46 bits per heavy atom. The fourth-order valence-corrected chi connectivity index (χ4v) is 0.933. The van der Waals surface area contributed by atoms with E-state index in [2.05, 4.69) is 5.16 Å². The third kappa shape index (κ3) is 2.95. The molecule has 1 rings (SSSR count). The molecule has 0 saturated carbocycles. The van der Waals surface area contributed by atoms with Crippen LogP contribution in [0.2, 0.25) is 5.02 Å². The monoisotopic (exact) mass is 198 g/mol. The van der Waals surface area contributed by atoms with Crippen molar-refractivity contribution in [3.63, 3.8) is 0 Å². The van der Waals surface area contributed by atoms with Gasteiger partial charge in [-0.2, -0.15) is 0 Å². The van der Waals surface area contributed by atoms with Crippen LogP contribution >= 0.6 is 11.6 Å². The first kappa shape index (κ1) is 9.86. The molecule has 0 aromatic heterocycles. The van der Waals surface area contributed by atoms with Crippen LogP contribution in [0.25, 0.3) is 0 Å². The van der Waals surface area contributed by atoms with Crippen molar-refractivity contribution in [1.82, 2.24) is 0 Å². The van der Waals surface area contributed by atoms with Gasteiger partial charge in [-0.1, -0.05) is 16.8 Å². The summed E-state index contributed by atoms with van der Waals surface area (Å²) in [5, 5.41) is 4.37. The largest absolute Gasteiger partial charge is 0.394 e. The number of nitrogens with two attached hydrogens (primary N) is 1. The summed E-state index contributed by atoms with van der Waals surface area (Å²) in [6, 6.07) is 7.09. The highest BCUT2D eigenvalue weighted by Gasteiger charge is 1.97. The molecule has 2 N–H and O–H groups in total. The van der Waals surface area contributed by atoms with Crippen molar-refractivity contribution < 1.29 is 4.84 Å². The van der Waals surface area contributed by atoms with Gasteiger partial charge >= 0.3 is 0 Å². The second-order valence-corrected chi connectivity index (χ2v) is 2.84. The second kappa shape index (κ2) is 4.72. The van der Waals surface area contributed by atoms with E-state index in [1.807, 2.05) is 6.92 Å². The molecule has 70 valence electrons. The average Bonchev–Trinajstić information content (AvgIpc) is 2.15. The predicted molar refractivity (Wildman–Crippen MR) is 53.8 cm³/mol. The van der Waals surface area contributed by atoms with Crippen molar-refractivity contribution in [2.24, 2.45) is 10.9 Å². The Hall–Kier alpha value is -1.22. The minimum Gasteiger partial charge on any atom is -0.394 e. The molecule has 0 aliphatic carbocycles. The van der Waals surface area contributed by atoms with E-state index in [0.29, 0.717) is 17.5 Å². The first-order valence-corrected chi connectivity index (χ1v) is 4.33. The lowest BCUT2D eigenvalue weighted by Gasteiger charge is -1.99. The number of nitrogens with zero attached hydrogens (tertiary/aromatic N) is 1. The van der Waals surface area contributed by atoms with Gasteiger partial charge in [-0.25, -0.2) is 0 Å². The molecular formula is C9H11ClN2O. The highest BCUT2D eigenvalue weighted by atomic mass is 35.5. The van der Waals surface area contributed by atoms with Crippen molar-refractivity contribution in [1.29, 1.82) is 0 Å². The maximum absolute atomic E-state index is 5.71. The lowest BCUT2D eigenvalue weighted by molar-refractivity contribution is 0.158. The highest BCUT2D eigenvalue weighted by molar-refractivity contribution is 6.30. The number of hydrogen-bond acceptors (Lipinski definition) is 2. The van der Waals surface area contributed by atoms with Crippen LogP contribution in [-0.4, -0.2) is 12.4 Å². The Labute approximate surface area is 82.1 Å². The van der Waals surface area contributed by atoms with Crippen LogP contribution < -0.4 is 5.73 Å². The van der Waals surface area contributed by atoms with Crippen LogP contribution in [0.1, 0.15) is 12.5 Å². The number of halogens is 1. The van der Waals surface area contributed by atoms with Crippen LogP contribution in [0.5, 0.6) is 0 Å². The van der Waals surface area contributed by atoms with E-state index in [1.165, 1.54) is 0 Å². The zero-order valence-electron chi connectivity index (χ0n) is 7.33. The number of benzene rings is 1. The van der Waals surface area contributed by atoms with Crippen molar-refractivity contribution in [2.45, 2.75) is 6.92 Å². The van der Waals surface area contributed by atoms with Gasteiger partial charge in [0.25, 0.3) is 0 Å². The molecule has 0 bridgehead atoms. The van der Waals surface area contributed by atoms with Crippen LogP contribution in [0.3, 0.4) is 0 Å². The Balaban J connectivity index is 2.77. The molecule has 0 fully saturated rings. The normalized spacial score (nSPS) is 11.4. The van der Waals surface area contributed by atoms with Crippen LogP contribution in [0.4, 0.5) is 0 Å². The maximum Gasteiger partial charge on any atom is 0.170 e. The molecule has 0 spiro atoms. The van der Waals surface area contributed by atoms with Crippen molar-refractivity contribution in [3.8, 4) is 0 Å². The Morgan fingerprint density at radius 2 is 2.08 bits per heavy atom. The summed E-state index contributed by atoms with van der Waals surface area (Å²) in [5.74, 6) is 0.360. The molecular weight excluding hydrogens is 188 g/mol. The van der Waals surface area contributed by atoms with Gasteiger partial charge < -0.3 is 10.6 Å². The van der Waals surface area contributed by atoms with E-state index in [-0.39, 0.29) is 0 Å². The average molecular weight is 199 g/mol. The summed E-state index contributed by atoms with van der Waals surface area (Å²) >= 11 is 5.71. The summed E-state index contributed by atoms with van der Waals surface area (Å²) in [6.07, 6.45) is 0. The molecule has 1 aromatic carbocycles. The molecule has 0 radical (unpaired) electrons. The highest BCUT2D eigenvalue weighted by Crippen LogP contribution is 2.09. The molecule has 3 nitrogen and oxygen atoms in total. The summed E-state index contributed by atoms with van der Waals surface area (Å²) in [5.41, 5.74) is 6.42. The quantitative estimate of drug-likeness (QED) is 0.459. The Morgan fingerprint density at radius 3 is 2.62 bits per heavy atom. The molecule has 0 heterocycles. The van der Waals surface area contributed by atoms with Crippen molar-refractivity contribution in [2.75, 3.05) is 6.61 Å². The summed E-state index contributed by atoms with van der Waals surface area (Å²) in [6.45, 7) is 2.35. The molecule has 0 amide bonds. The van der Waals surface area contributed by atoms with Gasteiger partial charge in [-0.15, -0.1) is 0 Å². The van der Waals surface area contributed by atoms with E-state index < -0.39 is 0 Å². The van der Waals surface area contributed by atoms with E-state index in [1.54, 1.807) is 24.3 Å². The molecule has 0 saturated heterocycles. The number of hydrogen-bond donors (Lipinski definition) is 1. The second-order valence-electron chi connectivity index (χ2n) is 2.40. The lowest BCUT2D eigenvalue weighted by Crippen LogP contribution is -2.13. The molecule has 13 heavy (non-hydrogen) atoms. The van der Waals surface area contributed by atoms with Crippen LogP contribution in [0.15, 0.2) is 29.4 Å². The third-order valence-electron chi connectivity index (χ3n) is 1.43. The Kier molecular flexibility index (Phi) is 3.58. The topological polar surface area (TPSA) is 47.6 Å². The van der Waals surface area contributed by atoms with Crippen LogP contribution in [0, 0.1) is 0 Å². The molecule has 0 atom stereocenters. The summed E-state index contributed by atoms with van der Waals surface area (Å²) in [4.78, 5) is 4.81. The molecule has 1 aromatic rings. The lowest BCUT2D eigenvalue weighted by atomic mass is 10.2. The van der Waals surface area contributed by atoms with Crippen LogP contribution in [-0.2, 0) is 4.84 Å². The fraction of sp³-hybridized carbons (Fsp3) is 0.222. The third-order valence-corrected chi connectivity index (χ3v) is 1.68. The SMILES string of the molecule is CCO/N=C(\N)c1ccc(Cl)cc1. The zero-order valence-corrected chi connectivity index (χ0v) is 8.08. The van der Waals surface area contributed by atoms with Gasteiger partial charge in [0.2, 0.25) is 0 Å². The molecule has 0 aliphatic rings.